The molecular formula is C16H11F3N2O3S2. The number of aromatic nitrogens is 1. The Bertz CT molecular complexity index is 973. The van der Waals surface area contributed by atoms with Crippen molar-refractivity contribution < 1.29 is 22.8 Å². The number of benzene rings is 2. The Morgan fingerprint density at radius 3 is 2.69 bits per heavy atom. The largest absolute Gasteiger partial charge is 0.490 e. The molecule has 0 amide bonds. The first-order chi connectivity index (χ1) is 12.3. The van der Waals surface area contributed by atoms with Crippen LogP contribution >= 0.6 is 23.1 Å². The molecule has 0 saturated carbocycles. The monoisotopic (exact) mass is 400 g/mol. The molecule has 0 fully saturated rings. The van der Waals surface area contributed by atoms with Crippen molar-refractivity contribution >= 4 is 39.0 Å². The molecule has 1 aromatic heterocycles. The molecule has 3 aromatic rings. The van der Waals surface area contributed by atoms with Gasteiger partial charge in [0, 0.05) is 11.8 Å². The SMILES string of the molecule is COc1ccc(CSc2nc3ccc(C(F)(F)F)cc3s2)cc1[N+](=O)[O-]. The molecule has 0 aliphatic carbocycles. The number of hydrogen-bond acceptors (Lipinski definition) is 6. The third-order valence-electron chi connectivity index (χ3n) is 3.50. The number of thioether (sulfide) groups is 1. The van der Waals surface area contributed by atoms with Gasteiger partial charge in [-0.05, 0) is 29.8 Å². The van der Waals surface area contributed by atoms with E-state index in [0.717, 1.165) is 23.5 Å². The van der Waals surface area contributed by atoms with Crippen molar-refractivity contribution in [2.45, 2.75) is 16.3 Å². The van der Waals surface area contributed by atoms with E-state index in [2.05, 4.69) is 4.98 Å². The van der Waals surface area contributed by atoms with Crippen LogP contribution in [0.4, 0.5) is 18.9 Å². The second kappa shape index (κ2) is 7.12. The second-order valence-corrected chi connectivity index (χ2v) is 7.47. The van der Waals surface area contributed by atoms with Crippen LogP contribution in [0.1, 0.15) is 11.1 Å². The minimum Gasteiger partial charge on any atom is -0.490 e. The molecule has 0 aliphatic rings. The van der Waals surface area contributed by atoms with Crippen LogP contribution in [-0.4, -0.2) is 17.0 Å². The molecule has 5 nitrogen and oxygen atoms in total. The van der Waals surface area contributed by atoms with Crippen LogP contribution in [-0.2, 0) is 11.9 Å². The quantitative estimate of drug-likeness (QED) is 0.320. The topological polar surface area (TPSA) is 65.3 Å². The van der Waals surface area contributed by atoms with E-state index < -0.39 is 16.7 Å². The average Bonchev–Trinajstić information content (AvgIpc) is 3.01. The van der Waals surface area contributed by atoms with E-state index >= 15 is 0 Å². The van der Waals surface area contributed by atoms with E-state index in [0.29, 0.717) is 25.9 Å². The van der Waals surface area contributed by atoms with Crippen LogP contribution in [0.3, 0.4) is 0 Å². The lowest BCUT2D eigenvalue weighted by molar-refractivity contribution is -0.385. The van der Waals surface area contributed by atoms with Gasteiger partial charge in [-0.1, -0.05) is 17.8 Å². The van der Waals surface area contributed by atoms with Gasteiger partial charge < -0.3 is 4.74 Å². The fourth-order valence-electron chi connectivity index (χ4n) is 2.25. The molecule has 26 heavy (non-hydrogen) atoms. The molecule has 10 heteroatoms. The number of ether oxygens (including phenoxy) is 1. The minimum absolute atomic E-state index is 0.135. The molecule has 136 valence electrons. The van der Waals surface area contributed by atoms with Crippen molar-refractivity contribution in [3.63, 3.8) is 0 Å². The number of hydrogen-bond donors (Lipinski definition) is 0. The Balaban J connectivity index is 1.79. The predicted octanol–water partition coefficient (Wildman–Crippen LogP) is 5.52. The molecule has 0 atom stereocenters. The van der Waals surface area contributed by atoms with Crippen molar-refractivity contribution in [1.29, 1.82) is 0 Å². The summed E-state index contributed by atoms with van der Waals surface area (Å²) in [6.45, 7) is 0. The molecule has 3 rings (SSSR count). The average molecular weight is 400 g/mol. The molecule has 0 spiro atoms. The minimum atomic E-state index is -4.40. The molecular weight excluding hydrogens is 389 g/mol. The Labute approximate surface area is 154 Å². The summed E-state index contributed by atoms with van der Waals surface area (Å²) in [6, 6.07) is 8.06. The summed E-state index contributed by atoms with van der Waals surface area (Å²) in [6.07, 6.45) is -4.40. The molecule has 0 unspecified atom stereocenters. The Kier molecular flexibility index (Phi) is 5.05. The highest BCUT2D eigenvalue weighted by molar-refractivity contribution is 8.00. The first-order valence-corrected chi connectivity index (χ1v) is 9.00. The number of nitro benzene ring substituents is 1. The number of thiazole rings is 1. The predicted molar refractivity (Wildman–Crippen MR) is 93.8 cm³/mol. The number of methoxy groups -OCH3 is 1. The first kappa shape index (κ1) is 18.5. The van der Waals surface area contributed by atoms with E-state index in [1.165, 1.54) is 37.1 Å². The van der Waals surface area contributed by atoms with E-state index in [-0.39, 0.29) is 11.4 Å². The van der Waals surface area contributed by atoms with Crippen molar-refractivity contribution in [2.75, 3.05) is 7.11 Å². The van der Waals surface area contributed by atoms with Gasteiger partial charge in [-0.25, -0.2) is 4.98 Å². The van der Waals surface area contributed by atoms with Crippen LogP contribution in [0.25, 0.3) is 10.2 Å². The van der Waals surface area contributed by atoms with Crippen molar-refractivity contribution in [3.8, 4) is 5.75 Å². The molecule has 0 bridgehead atoms. The molecule has 0 saturated heterocycles. The molecule has 2 aromatic carbocycles. The number of rotatable bonds is 5. The van der Waals surface area contributed by atoms with Gasteiger partial charge in [-0.3, -0.25) is 10.1 Å². The molecule has 1 heterocycles. The van der Waals surface area contributed by atoms with Crippen LogP contribution in [0, 0.1) is 10.1 Å². The number of alkyl halides is 3. The smallest absolute Gasteiger partial charge is 0.416 e. The second-order valence-electron chi connectivity index (χ2n) is 5.21. The van der Waals surface area contributed by atoms with Gasteiger partial charge in [0.1, 0.15) is 0 Å². The number of halogens is 3. The molecule has 0 N–H and O–H groups in total. The fraction of sp³-hybridized carbons (Fsp3) is 0.188. The van der Waals surface area contributed by atoms with Gasteiger partial charge in [0.25, 0.3) is 0 Å². The van der Waals surface area contributed by atoms with Crippen LogP contribution < -0.4 is 4.74 Å². The summed E-state index contributed by atoms with van der Waals surface area (Å²) in [4.78, 5) is 14.8. The van der Waals surface area contributed by atoms with E-state index in [1.807, 2.05) is 0 Å². The van der Waals surface area contributed by atoms with Gasteiger partial charge in [0.05, 0.1) is 27.8 Å². The maximum absolute atomic E-state index is 12.8. The zero-order valence-electron chi connectivity index (χ0n) is 13.2. The molecule has 0 aliphatic heterocycles. The van der Waals surface area contributed by atoms with Crippen molar-refractivity contribution in [2.24, 2.45) is 0 Å². The lowest BCUT2D eigenvalue weighted by Gasteiger charge is -2.04. The number of nitrogens with zero attached hydrogens (tertiary/aromatic N) is 2. The normalized spacial score (nSPS) is 11.7. The van der Waals surface area contributed by atoms with Crippen molar-refractivity contribution in [1.82, 2.24) is 4.98 Å². The van der Waals surface area contributed by atoms with E-state index in [1.54, 1.807) is 6.07 Å². The van der Waals surface area contributed by atoms with E-state index in [4.69, 9.17) is 4.74 Å². The first-order valence-electron chi connectivity index (χ1n) is 7.20. The summed E-state index contributed by atoms with van der Waals surface area (Å²) in [7, 11) is 1.35. The Morgan fingerprint density at radius 1 is 1.27 bits per heavy atom. The lowest BCUT2D eigenvalue weighted by atomic mass is 10.2. The fourth-order valence-corrected chi connectivity index (χ4v) is 4.31. The summed E-state index contributed by atoms with van der Waals surface area (Å²) >= 11 is 2.47. The zero-order chi connectivity index (χ0) is 18.9. The summed E-state index contributed by atoms with van der Waals surface area (Å²) in [5.41, 5.74) is 0.338. The Morgan fingerprint density at radius 2 is 2.04 bits per heavy atom. The van der Waals surface area contributed by atoms with Crippen LogP contribution in [0.2, 0.25) is 0 Å². The Hall–Kier alpha value is -2.33. The maximum atomic E-state index is 12.8. The van der Waals surface area contributed by atoms with Gasteiger partial charge in [0.2, 0.25) is 0 Å². The highest BCUT2D eigenvalue weighted by Gasteiger charge is 2.30. The van der Waals surface area contributed by atoms with Crippen LogP contribution in [0.15, 0.2) is 40.7 Å². The summed E-state index contributed by atoms with van der Waals surface area (Å²) in [5, 5.41) is 11.1. The van der Waals surface area contributed by atoms with Crippen LogP contribution in [0.5, 0.6) is 5.75 Å². The van der Waals surface area contributed by atoms with Crippen molar-refractivity contribution in [3.05, 3.63) is 57.6 Å². The maximum Gasteiger partial charge on any atom is 0.416 e. The number of nitro groups is 1. The third kappa shape index (κ3) is 3.91. The lowest BCUT2D eigenvalue weighted by Crippen LogP contribution is -2.03. The highest BCUT2D eigenvalue weighted by atomic mass is 32.2. The highest BCUT2D eigenvalue weighted by Crippen LogP contribution is 2.37. The van der Waals surface area contributed by atoms with E-state index in [9.17, 15) is 23.3 Å². The summed E-state index contributed by atoms with van der Waals surface area (Å²) < 4.78 is 44.3. The number of fused-ring (bicyclic) bond motifs is 1. The standard InChI is InChI=1S/C16H11F3N2O3S2/c1-24-13-5-2-9(6-12(13)21(22)23)8-25-15-20-11-4-3-10(16(17,18)19)7-14(11)26-15/h2-7H,8H2,1H3. The zero-order valence-corrected chi connectivity index (χ0v) is 14.9. The summed E-state index contributed by atoms with van der Waals surface area (Å²) in [5.74, 6) is 0.569. The third-order valence-corrected chi connectivity index (χ3v) is 5.73. The molecule has 0 radical (unpaired) electrons. The van der Waals surface area contributed by atoms with Gasteiger partial charge in [-0.2, -0.15) is 13.2 Å². The van der Waals surface area contributed by atoms with Gasteiger partial charge in [0.15, 0.2) is 10.1 Å². The van der Waals surface area contributed by atoms with Gasteiger partial charge >= 0.3 is 11.9 Å². The van der Waals surface area contributed by atoms with Gasteiger partial charge in [-0.15, -0.1) is 11.3 Å².